The highest BCUT2D eigenvalue weighted by Crippen LogP contribution is 2.42. The third-order valence-electron chi connectivity index (χ3n) is 3.97. The molecule has 0 bridgehead atoms. The van der Waals surface area contributed by atoms with Crippen molar-refractivity contribution >= 4 is 17.3 Å². The number of carbonyl (C=O) groups excluding carboxylic acids is 3. The van der Waals surface area contributed by atoms with Gasteiger partial charge in [-0.05, 0) is 19.1 Å². The molecular formula is C18H14O6. The van der Waals surface area contributed by atoms with Crippen molar-refractivity contribution in [1.82, 2.24) is 0 Å². The van der Waals surface area contributed by atoms with E-state index in [1.54, 1.807) is 6.07 Å². The van der Waals surface area contributed by atoms with Gasteiger partial charge < -0.3 is 14.9 Å². The fourth-order valence-corrected chi connectivity index (χ4v) is 2.95. The minimum absolute atomic E-state index is 0.0477. The molecule has 1 aliphatic carbocycles. The van der Waals surface area contributed by atoms with Crippen molar-refractivity contribution < 1.29 is 29.3 Å². The van der Waals surface area contributed by atoms with Crippen LogP contribution in [-0.4, -0.2) is 34.7 Å². The number of hydrogen-bond acceptors (Lipinski definition) is 6. The van der Waals surface area contributed by atoms with Crippen LogP contribution >= 0.6 is 0 Å². The van der Waals surface area contributed by atoms with E-state index >= 15 is 0 Å². The van der Waals surface area contributed by atoms with Crippen LogP contribution in [0.4, 0.5) is 0 Å². The van der Waals surface area contributed by atoms with Gasteiger partial charge in [0.25, 0.3) is 0 Å². The molecule has 0 heterocycles. The molecule has 0 atom stereocenters. The molecule has 6 heteroatoms. The highest BCUT2D eigenvalue weighted by atomic mass is 16.5. The molecule has 1 aliphatic rings. The van der Waals surface area contributed by atoms with E-state index in [9.17, 15) is 24.6 Å². The van der Waals surface area contributed by atoms with E-state index in [1.165, 1.54) is 26.2 Å². The molecule has 0 spiro atoms. The van der Waals surface area contributed by atoms with Crippen LogP contribution in [0.15, 0.2) is 24.3 Å². The minimum Gasteiger partial charge on any atom is -0.507 e. The maximum Gasteiger partial charge on any atom is 0.202 e. The topological polar surface area (TPSA) is 101 Å². The fraction of sp³-hybridized carbons (Fsp3) is 0.167. The van der Waals surface area contributed by atoms with Gasteiger partial charge in [-0.15, -0.1) is 0 Å². The van der Waals surface area contributed by atoms with Gasteiger partial charge in [-0.1, -0.05) is 12.1 Å². The number of hydrogen-bond donors (Lipinski definition) is 2. The zero-order chi connectivity index (χ0) is 17.6. The lowest BCUT2D eigenvalue weighted by Gasteiger charge is -2.22. The average Bonchev–Trinajstić information content (AvgIpc) is 2.54. The first-order valence-corrected chi connectivity index (χ1v) is 7.20. The van der Waals surface area contributed by atoms with Crippen LogP contribution in [0, 0.1) is 0 Å². The monoisotopic (exact) mass is 326 g/mol. The molecule has 0 radical (unpaired) electrons. The number of aromatic hydroxyl groups is 2. The van der Waals surface area contributed by atoms with Crippen molar-refractivity contribution in [2.24, 2.45) is 0 Å². The Balaban J connectivity index is 2.32. The van der Waals surface area contributed by atoms with Crippen LogP contribution in [0.5, 0.6) is 17.2 Å². The lowest BCUT2D eigenvalue weighted by Crippen LogP contribution is -2.22. The van der Waals surface area contributed by atoms with Crippen molar-refractivity contribution in [2.45, 2.75) is 13.3 Å². The first-order valence-electron chi connectivity index (χ1n) is 7.20. The Morgan fingerprint density at radius 2 is 1.79 bits per heavy atom. The second-order valence-corrected chi connectivity index (χ2v) is 5.57. The summed E-state index contributed by atoms with van der Waals surface area (Å²) in [5.41, 5.74) is -0.321. The maximum absolute atomic E-state index is 12.8. The van der Waals surface area contributed by atoms with Crippen molar-refractivity contribution in [3.05, 3.63) is 52.1 Å². The molecule has 122 valence electrons. The number of carbonyl (C=O) groups is 3. The first kappa shape index (κ1) is 15.7. The van der Waals surface area contributed by atoms with Gasteiger partial charge in [0, 0.05) is 17.5 Å². The summed E-state index contributed by atoms with van der Waals surface area (Å²) in [5.74, 6) is -2.15. The molecule has 24 heavy (non-hydrogen) atoms. The molecule has 0 amide bonds. The summed E-state index contributed by atoms with van der Waals surface area (Å²) < 4.78 is 5.13. The van der Waals surface area contributed by atoms with E-state index < -0.39 is 23.1 Å². The third-order valence-corrected chi connectivity index (χ3v) is 3.97. The van der Waals surface area contributed by atoms with E-state index in [0.29, 0.717) is 0 Å². The Labute approximate surface area is 137 Å². The quantitative estimate of drug-likeness (QED) is 0.714. The second kappa shape index (κ2) is 5.49. The van der Waals surface area contributed by atoms with Gasteiger partial charge in [0.15, 0.2) is 5.78 Å². The van der Waals surface area contributed by atoms with Crippen LogP contribution in [0.2, 0.25) is 0 Å². The minimum atomic E-state index is -0.612. The molecule has 3 rings (SSSR count). The van der Waals surface area contributed by atoms with Crippen molar-refractivity contribution in [1.29, 1.82) is 0 Å². The van der Waals surface area contributed by atoms with E-state index in [0.717, 1.165) is 6.07 Å². The number of benzene rings is 2. The van der Waals surface area contributed by atoms with E-state index in [1.807, 2.05) is 0 Å². The Bertz CT molecular complexity index is 910. The van der Waals surface area contributed by atoms with Crippen LogP contribution in [0.1, 0.15) is 44.3 Å². The lowest BCUT2D eigenvalue weighted by molar-refractivity contribution is -0.116. The van der Waals surface area contributed by atoms with Gasteiger partial charge in [-0.3, -0.25) is 14.4 Å². The summed E-state index contributed by atoms with van der Waals surface area (Å²) in [7, 11) is 1.37. The lowest BCUT2D eigenvalue weighted by atomic mass is 9.81. The highest BCUT2D eigenvalue weighted by molar-refractivity contribution is 6.31. The average molecular weight is 326 g/mol. The number of fused-ring (bicyclic) bond motifs is 2. The van der Waals surface area contributed by atoms with E-state index in [2.05, 4.69) is 0 Å². The summed E-state index contributed by atoms with van der Waals surface area (Å²) in [6.45, 7) is 1.32. The summed E-state index contributed by atoms with van der Waals surface area (Å²) in [6.07, 6.45) is -0.154. The predicted octanol–water partition coefficient (Wildman–Crippen LogP) is 2.01. The van der Waals surface area contributed by atoms with Gasteiger partial charge in [0.2, 0.25) is 5.78 Å². The number of ether oxygens (including phenoxy) is 1. The normalized spacial score (nSPS) is 12.6. The number of Topliss-reactive ketones (excluding diaryl/α,β-unsaturated/α-hetero) is 1. The van der Waals surface area contributed by atoms with Crippen molar-refractivity contribution in [3.8, 4) is 17.2 Å². The number of phenolic OH excluding ortho intramolecular Hbond substituents is 2. The SMILES string of the molecule is COc1cccc2c1C(=O)c1c(O)cc(CC(C)=O)c(O)c1C2=O. The maximum atomic E-state index is 12.8. The zero-order valence-corrected chi connectivity index (χ0v) is 13.0. The summed E-state index contributed by atoms with van der Waals surface area (Å²) >= 11 is 0. The van der Waals surface area contributed by atoms with Crippen LogP contribution < -0.4 is 4.74 Å². The molecule has 0 fully saturated rings. The molecule has 2 aromatic carbocycles. The first-order chi connectivity index (χ1) is 11.4. The smallest absolute Gasteiger partial charge is 0.202 e. The number of phenols is 2. The van der Waals surface area contributed by atoms with E-state index in [4.69, 9.17) is 4.74 Å². The molecule has 0 saturated carbocycles. The van der Waals surface area contributed by atoms with Gasteiger partial charge in [0.1, 0.15) is 23.0 Å². The number of ketones is 3. The molecule has 0 aromatic heterocycles. The Kier molecular flexibility index (Phi) is 3.60. The van der Waals surface area contributed by atoms with Gasteiger partial charge in [0.05, 0.1) is 23.8 Å². The van der Waals surface area contributed by atoms with Crippen LogP contribution in [-0.2, 0) is 11.2 Å². The molecule has 0 saturated heterocycles. The molecule has 0 unspecified atom stereocenters. The fourth-order valence-electron chi connectivity index (χ4n) is 2.95. The van der Waals surface area contributed by atoms with Crippen molar-refractivity contribution in [2.75, 3.05) is 7.11 Å². The van der Waals surface area contributed by atoms with Crippen molar-refractivity contribution in [3.63, 3.8) is 0 Å². The van der Waals surface area contributed by atoms with Gasteiger partial charge in [-0.25, -0.2) is 0 Å². The number of methoxy groups -OCH3 is 1. The van der Waals surface area contributed by atoms with Crippen LogP contribution in [0.25, 0.3) is 0 Å². The summed E-state index contributed by atoms with van der Waals surface area (Å²) in [5, 5.41) is 20.6. The standard InChI is InChI=1S/C18H14O6/c1-8(19)6-9-7-11(20)14-15(16(9)21)17(22)10-4-3-5-12(24-2)13(10)18(14)23/h3-5,7,20-21H,6H2,1-2H3. The summed E-state index contributed by atoms with van der Waals surface area (Å²) in [4.78, 5) is 36.8. The Morgan fingerprint density at radius 1 is 1.08 bits per heavy atom. The third kappa shape index (κ3) is 2.15. The molecule has 2 aromatic rings. The zero-order valence-electron chi connectivity index (χ0n) is 13.0. The Morgan fingerprint density at radius 3 is 2.42 bits per heavy atom. The number of rotatable bonds is 3. The Hall–Kier alpha value is -3.15. The molecular weight excluding hydrogens is 312 g/mol. The predicted molar refractivity (Wildman–Crippen MR) is 84.0 cm³/mol. The molecule has 0 aliphatic heterocycles. The largest absolute Gasteiger partial charge is 0.507 e. The molecule has 6 nitrogen and oxygen atoms in total. The van der Waals surface area contributed by atoms with E-state index in [-0.39, 0.29) is 45.8 Å². The van der Waals surface area contributed by atoms with Gasteiger partial charge >= 0.3 is 0 Å². The summed E-state index contributed by atoms with van der Waals surface area (Å²) in [6, 6.07) is 5.69. The highest BCUT2D eigenvalue weighted by Gasteiger charge is 2.37. The van der Waals surface area contributed by atoms with Crippen LogP contribution in [0.3, 0.4) is 0 Å². The second-order valence-electron chi connectivity index (χ2n) is 5.57. The molecule has 2 N–H and O–H groups in total. The van der Waals surface area contributed by atoms with Gasteiger partial charge in [-0.2, -0.15) is 0 Å².